The van der Waals surface area contributed by atoms with E-state index in [1.54, 1.807) is 0 Å². The molecule has 1 aliphatic rings. The van der Waals surface area contributed by atoms with Crippen molar-refractivity contribution in [3.05, 3.63) is 84.3 Å². The topological polar surface area (TPSA) is 12.9 Å². The average Bonchev–Trinajstić information content (AvgIpc) is 2.79. The van der Waals surface area contributed by atoms with E-state index >= 15 is 0 Å². The highest BCUT2D eigenvalue weighted by atomic mass is 14.6. The van der Waals surface area contributed by atoms with Crippen LogP contribution in [0.15, 0.2) is 78.6 Å². The van der Waals surface area contributed by atoms with E-state index in [1.165, 1.54) is 11.1 Å². The van der Waals surface area contributed by atoms with E-state index in [0.717, 1.165) is 25.0 Å². The van der Waals surface area contributed by atoms with Gasteiger partial charge in [0.05, 0.1) is 5.69 Å². The molecule has 0 radical (unpaired) electrons. The lowest BCUT2D eigenvalue weighted by molar-refractivity contribution is 1.13. The number of aromatic nitrogens is 1. The number of nitrogens with zero attached hydrogens (tertiary/aromatic N) is 1. The van der Waals surface area contributed by atoms with Crippen LogP contribution in [0.2, 0.25) is 0 Å². The molecule has 0 bridgehead atoms. The van der Waals surface area contributed by atoms with Crippen LogP contribution in [0.4, 0.5) is 0 Å². The van der Waals surface area contributed by atoms with Gasteiger partial charge in [-0.15, -0.1) is 6.58 Å². The zero-order valence-corrected chi connectivity index (χ0v) is 13.1. The molecule has 0 saturated carbocycles. The number of rotatable bonds is 4. The fraction of sp³-hybridized carbons (Fsp3) is 0.250. The Hall–Kier alpha value is -2.15. The standard InChI is InChI=1S/C16H17N.C4H8/c1-2-14-6-5-7-15(10-9-14)11-12-16-8-3-4-13-17-16;1-3-4-2/h3-4,6-13H,2,5H2,1H3;3H,1,4H2,2H3/b12-11+;. The van der Waals surface area contributed by atoms with E-state index in [0.29, 0.717) is 0 Å². The van der Waals surface area contributed by atoms with E-state index < -0.39 is 0 Å². The molecule has 2 rings (SSSR count). The quantitative estimate of drug-likeness (QED) is 0.625. The highest BCUT2D eigenvalue weighted by Gasteiger charge is 1.94. The predicted octanol–water partition coefficient (Wildman–Crippen LogP) is 5.90. The van der Waals surface area contributed by atoms with Crippen molar-refractivity contribution >= 4 is 6.08 Å². The maximum Gasteiger partial charge on any atom is 0.0629 e. The van der Waals surface area contributed by atoms with Gasteiger partial charge in [-0.25, -0.2) is 0 Å². The zero-order chi connectivity index (χ0) is 15.3. The summed E-state index contributed by atoms with van der Waals surface area (Å²) >= 11 is 0. The van der Waals surface area contributed by atoms with Gasteiger partial charge in [-0.2, -0.15) is 0 Å². The zero-order valence-electron chi connectivity index (χ0n) is 13.1. The lowest BCUT2D eigenvalue weighted by Gasteiger charge is -1.93. The van der Waals surface area contributed by atoms with E-state index in [-0.39, 0.29) is 0 Å². The summed E-state index contributed by atoms with van der Waals surface area (Å²) in [5.74, 6) is 0. The Balaban J connectivity index is 0.000000491. The molecular formula is C20H25N. The Morgan fingerprint density at radius 2 is 1.95 bits per heavy atom. The van der Waals surface area contributed by atoms with Gasteiger partial charge in [-0.3, -0.25) is 4.98 Å². The fourth-order valence-corrected chi connectivity index (χ4v) is 1.73. The molecule has 0 spiro atoms. The molecule has 1 heterocycles. The molecule has 0 fully saturated rings. The second kappa shape index (κ2) is 10.6. The first kappa shape index (κ1) is 16.9. The number of allylic oxidation sites excluding steroid dienone is 8. The molecule has 0 amide bonds. The maximum atomic E-state index is 4.27. The summed E-state index contributed by atoms with van der Waals surface area (Å²) in [5, 5.41) is 0. The largest absolute Gasteiger partial charge is 0.257 e. The summed E-state index contributed by atoms with van der Waals surface area (Å²) in [7, 11) is 0. The molecule has 0 saturated heterocycles. The summed E-state index contributed by atoms with van der Waals surface area (Å²) in [6.07, 6.45) is 19.9. The third-order valence-electron chi connectivity index (χ3n) is 3.05. The van der Waals surface area contributed by atoms with E-state index in [9.17, 15) is 0 Å². The van der Waals surface area contributed by atoms with Crippen LogP contribution in [0, 0.1) is 0 Å². The first-order valence-corrected chi connectivity index (χ1v) is 7.57. The summed E-state index contributed by atoms with van der Waals surface area (Å²) in [5.41, 5.74) is 3.65. The number of pyridine rings is 1. The van der Waals surface area contributed by atoms with Crippen molar-refractivity contribution in [2.45, 2.75) is 33.1 Å². The Morgan fingerprint density at radius 1 is 1.14 bits per heavy atom. The molecular weight excluding hydrogens is 254 g/mol. The smallest absolute Gasteiger partial charge is 0.0629 e. The van der Waals surface area contributed by atoms with Gasteiger partial charge in [0.25, 0.3) is 0 Å². The molecule has 1 nitrogen and oxygen atoms in total. The van der Waals surface area contributed by atoms with Gasteiger partial charge >= 0.3 is 0 Å². The van der Waals surface area contributed by atoms with Crippen LogP contribution in [0.1, 0.15) is 38.8 Å². The minimum Gasteiger partial charge on any atom is -0.257 e. The minimum atomic E-state index is 0.995. The van der Waals surface area contributed by atoms with Gasteiger partial charge in [0.2, 0.25) is 0 Å². The second-order valence-electron chi connectivity index (χ2n) is 4.69. The van der Waals surface area contributed by atoms with E-state index in [4.69, 9.17) is 0 Å². The molecule has 0 unspecified atom stereocenters. The van der Waals surface area contributed by atoms with Gasteiger partial charge in [-0.1, -0.05) is 61.9 Å². The maximum absolute atomic E-state index is 4.27. The molecule has 0 atom stereocenters. The third-order valence-corrected chi connectivity index (χ3v) is 3.05. The van der Waals surface area contributed by atoms with Crippen molar-refractivity contribution in [1.29, 1.82) is 0 Å². The van der Waals surface area contributed by atoms with Crippen molar-refractivity contribution in [2.75, 3.05) is 0 Å². The Morgan fingerprint density at radius 3 is 2.57 bits per heavy atom. The molecule has 0 N–H and O–H groups in total. The highest BCUT2D eigenvalue weighted by molar-refractivity contribution is 5.52. The van der Waals surface area contributed by atoms with Crippen molar-refractivity contribution in [2.24, 2.45) is 0 Å². The summed E-state index contributed by atoms with van der Waals surface area (Å²) in [4.78, 5) is 4.27. The van der Waals surface area contributed by atoms with Crippen molar-refractivity contribution < 1.29 is 0 Å². The molecule has 0 aromatic carbocycles. The second-order valence-corrected chi connectivity index (χ2v) is 4.69. The molecule has 1 aromatic rings. The van der Waals surface area contributed by atoms with Gasteiger partial charge < -0.3 is 0 Å². The SMILES string of the molecule is C=CCC.CCC1=CCC=C(/C=C/c2ccccn2)C=C1. The Labute approximate surface area is 129 Å². The number of hydrogen-bond donors (Lipinski definition) is 0. The first-order valence-electron chi connectivity index (χ1n) is 7.57. The van der Waals surface area contributed by atoms with Gasteiger partial charge in [-0.05, 0) is 43.0 Å². The van der Waals surface area contributed by atoms with Crippen LogP contribution in [-0.2, 0) is 0 Å². The molecule has 110 valence electrons. The Kier molecular flexibility index (Phi) is 8.54. The van der Waals surface area contributed by atoms with Crippen LogP contribution in [0.5, 0.6) is 0 Å². The molecule has 1 heteroatoms. The lowest BCUT2D eigenvalue weighted by atomic mass is 10.1. The average molecular weight is 279 g/mol. The fourth-order valence-electron chi connectivity index (χ4n) is 1.73. The Bertz CT molecular complexity index is 530. The van der Waals surface area contributed by atoms with Crippen LogP contribution < -0.4 is 0 Å². The first-order chi connectivity index (χ1) is 10.3. The molecule has 1 aliphatic carbocycles. The van der Waals surface area contributed by atoms with Crippen LogP contribution >= 0.6 is 0 Å². The predicted molar refractivity (Wildman–Crippen MR) is 94.0 cm³/mol. The van der Waals surface area contributed by atoms with Gasteiger partial charge in [0.15, 0.2) is 0 Å². The summed E-state index contributed by atoms with van der Waals surface area (Å²) in [6.45, 7) is 7.73. The van der Waals surface area contributed by atoms with Gasteiger partial charge in [0, 0.05) is 6.20 Å². The van der Waals surface area contributed by atoms with Crippen molar-refractivity contribution in [3.8, 4) is 0 Å². The highest BCUT2D eigenvalue weighted by Crippen LogP contribution is 2.14. The van der Waals surface area contributed by atoms with Gasteiger partial charge in [0.1, 0.15) is 0 Å². The normalized spacial score (nSPS) is 13.8. The number of hydrogen-bond acceptors (Lipinski definition) is 1. The molecule has 0 aliphatic heterocycles. The molecule has 1 aromatic heterocycles. The van der Waals surface area contributed by atoms with Crippen LogP contribution in [0.25, 0.3) is 6.08 Å². The third kappa shape index (κ3) is 7.26. The van der Waals surface area contributed by atoms with E-state index in [1.807, 2.05) is 36.5 Å². The van der Waals surface area contributed by atoms with Crippen LogP contribution in [-0.4, -0.2) is 4.98 Å². The van der Waals surface area contributed by atoms with Crippen LogP contribution in [0.3, 0.4) is 0 Å². The monoisotopic (exact) mass is 279 g/mol. The minimum absolute atomic E-state index is 0.995. The summed E-state index contributed by atoms with van der Waals surface area (Å²) < 4.78 is 0. The summed E-state index contributed by atoms with van der Waals surface area (Å²) in [6, 6.07) is 5.94. The van der Waals surface area contributed by atoms with Crippen molar-refractivity contribution in [1.82, 2.24) is 4.98 Å². The van der Waals surface area contributed by atoms with Crippen molar-refractivity contribution in [3.63, 3.8) is 0 Å². The molecule has 21 heavy (non-hydrogen) atoms. The lowest BCUT2D eigenvalue weighted by Crippen LogP contribution is -1.77. The van der Waals surface area contributed by atoms with E-state index in [2.05, 4.69) is 55.8 Å².